The van der Waals surface area contributed by atoms with Gasteiger partial charge in [0.05, 0.1) is 5.69 Å². The second-order valence-corrected chi connectivity index (χ2v) is 4.49. The molecule has 0 bridgehead atoms. The number of anilines is 2. The smallest absolute Gasteiger partial charge is 0.148 e. The summed E-state index contributed by atoms with van der Waals surface area (Å²) in [4.78, 5) is 4.37. The molecule has 0 spiro atoms. The van der Waals surface area contributed by atoms with E-state index in [4.69, 9.17) is 5.73 Å². The lowest BCUT2D eigenvalue weighted by molar-refractivity contribution is 0.233. The van der Waals surface area contributed by atoms with Gasteiger partial charge in [0.2, 0.25) is 0 Å². The number of hydrogen-bond acceptors (Lipinski definition) is 3. The summed E-state index contributed by atoms with van der Waals surface area (Å²) in [6.45, 7) is 4.84. The Balaban J connectivity index is 2.18. The molecule has 1 atom stereocenters. The van der Waals surface area contributed by atoms with Gasteiger partial charge in [-0.2, -0.15) is 0 Å². The molecule has 16 heavy (non-hydrogen) atoms. The van der Waals surface area contributed by atoms with Gasteiger partial charge in [0, 0.05) is 31.4 Å². The summed E-state index contributed by atoms with van der Waals surface area (Å²) in [7, 11) is 2.10. The van der Waals surface area contributed by atoms with Gasteiger partial charge in [0.1, 0.15) is 5.82 Å². The molecule has 1 aliphatic heterocycles. The molecule has 2 N–H and O–H groups in total. The van der Waals surface area contributed by atoms with Crippen molar-refractivity contribution in [2.24, 2.45) is 0 Å². The number of hydrogen-bond donors (Lipinski definition) is 1. The molecular weight excluding hydrogens is 205 g/mol. The van der Waals surface area contributed by atoms with Gasteiger partial charge in [-0.25, -0.2) is 4.39 Å². The van der Waals surface area contributed by atoms with Crippen molar-refractivity contribution in [1.29, 1.82) is 0 Å². The van der Waals surface area contributed by atoms with Gasteiger partial charge in [0.25, 0.3) is 0 Å². The SMILES string of the molecule is C[C@H]1CN(c2ccc(N)cc2F)CCN1C. The van der Waals surface area contributed by atoms with Crippen molar-refractivity contribution in [3.8, 4) is 0 Å². The Morgan fingerprint density at radius 2 is 2.12 bits per heavy atom. The van der Waals surface area contributed by atoms with Gasteiger partial charge in [-0.15, -0.1) is 0 Å². The van der Waals surface area contributed by atoms with Crippen molar-refractivity contribution in [3.63, 3.8) is 0 Å². The zero-order chi connectivity index (χ0) is 11.7. The van der Waals surface area contributed by atoms with E-state index >= 15 is 0 Å². The Kier molecular flexibility index (Phi) is 3.01. The molecule has 1 heterocycles. The van der Waals surface area contributed by atoms with Crippen LogP contribution in [0.15, 0.2) is 18.2 Å². The van der Waals surface area contributed by atoms with Crippen LogP contribution in [-0.4, -0.2) is 37.6 Å². The number of piperazine rings is 1. The molecule has 3 nitrogen and oxygen atoms in total. The molecule has 1 aromatic rings. The second-order valence-electron chi connectivity index (χ2n) is 4.49. The fraction of sp³-hybridized carbons (Fsp3) is 0.500. The summed E-state index contributed by atoms with van der Waals surface area (Å²) in [5.74, 6) is -0.225. The molecule has 0 aliphatic carbocycles. The number of likely N-dealkylation sites (N-methyl/N-ethyl adjacent to an activating group) is 1. The Morgan fingerprint density at radius 3 is 2.75 bits per heavy atom. The van der Waals surface area contributed by atoms with Crippen molar-refractivity contribution >= 4 is 11.4 Å². The maximum atomic E-state index is 13.7. The summed E-state index contributed by atoms with van der Waals surface area (Å²) in [6.07, 6.45) is 0. The normalized spacial score (nSPS) is 22.4. The van der Waals surface area contributed by atoms with Gasteiger partial charge in [-0.1, -0.05) is 0 Å². The number of rotatable bonds is 1. The summed E-state index contributed by atoms with van der Waals surface area (Å²) < 4.78 is 13.7. The lowest BCUT2D eigenvalue weighted by Gasteiger charge is -2.39. The molecule has 1 aliphatic rings. The van der Waals surface area contributed by atoms with Gasteiger partial charge in [-0.05, 0) is 32.2 Å². The van der Waals surface area contributed by atoms with E-state index in [0.29, 0.717) is 17.4 Å². The Bertz CT molecular complexity index is 381. The molecule has 0 unspecified atom stereocenters. The van der Waals surface area contributed by atoms with Crippen molar-refractivity contribution in [2.45, 2.75) is 13.0 Å². The molecule has 0 amide bonds. The van der Waals surface area contributed by atoms with E-state index in [0.717, 1.165) is 19.6 Å². The maximum absolute atomic E-state index is 13.7. The third-order valence-corrected chi connectivity index (χ3v) is 3.27. The van der Waals surface area contributed by atoms with E-state index in [1.54, 1.807) is 12.1 Å². The van der Waals surface area contributed by atoms with Gasteiger partial charge in [0.15, 0.2) is 0 Å². The van der Waals surface area contributed by atoms with Crippen molar-refractivity contribution in [3.05, 3.63) is 24.0 Å². The molecule has 2 rings (SSSR count). The zero-order valence-electron chi connectivity index (χ0n) is 9.78. The molecule has 0 radical (unpaired) electrons. The molecule has 4 heteroatoms. The van der Waals surface area contributed by atoms with Crippen molar-refractivity contribution < 1.29 is 4.39 Å². The van der Waals surface area contributed by atoms with Gasteiger partial charge < -0.3 is 15.5 Å². The van der Waals surface area contributed by atoms with Crippen LogP contribution in [0.1, 0.15) is 6.92 Å². The summed E-state index contributed by atoms with van der Waals surface area (Å²) in [6, 6.07) is 5.35. The first-order chi connectivity index (χ1) is 7.58. The quantitative estimate of drug-likeness (QED) is 0.733. The van der Waals surface area contributed by atoms with E-state index in [2.05, 4.69) is 23.8 Å². The van der Waals surface area contributed by atoms with Crippen LogP contribution in [0.3, 0.4) is 0 Å². The lowest BCUT2D eigenvalue weighted by atomic mass is 10.1. The van der Waals surface area contributed by atoms with Crippen LogP contribution in [0.25, 0.3) is 0 Å². The summed E-state index contributed by atoms with van der Waals surface area (Å²) in [5, 5.41) is 0. The summed E-state index contributed by atoms with van der Waals surface area (Å²) in [5.41, 5.74) is 6.68. The van der Waals surface area contributed by atoms with Crippen LogP contribution in [0, 0.1) is 5.82 Å². The Hall–Kier alpha value is -1.29. The number of nitrogens with two attached hydrogens (primary N) is 1. The predicted molar refractivity (Wildman–Crippen MR) is 65.1 cm³/mol. The monoisotopic (exact) mass is 223 g/mol. The average molecular weight is 223 g/mol. The van der Waals surface area contributed by atoms with E-state index in [9.17, 15) is 4.39 Å². The first-order valence-corrected chi connectivity index (χ1v) is 5.58. The number of benzene rings is 1. The van der Waals surface area contributed by atoms with Crippen molar-refractivity contribution in [1.82, 2.24) is 4.90 Å². The lowest BCUT2D eigenvalue weighted by Crippen LogP contribution is -2.50. The van der Waals surface area contributed by atoms with E-state index in [1.165, 1.54) is 6.07 Å². The summed E-state index contributed by atoms with van der Waals surface area (Å²) >= 11 is 0. The van der Waals surface area contributed by atoms with Crippen LogP contribution in [0.4, 0.5) is 15.8 Å². The molecule has 0 saturated carbocycles. The fourth-order valence-electron chi connectivity index (χ4n) is 2.05. The molecule has 88 valence electrons. The minimum atomic E-state index is -0.225. The highest BCUT2D eigenvalue weighted by Crippen LogP contribution is 2.23. The number of nitrogen functional groups attached to an aromatic ring is 1. The van der Waals surface area contributed by atoms with E-state index in [1.807, 2.05) is 0 Å². The van der Waals surface area contributed by atoms with E-state index < -0.39 is 0 Å². The minimum Gasteiger partial charge on any atom is -0.399 e. The molecule has 1 saturated heterocycles. The predicted octanol–water partition coefficient (Wildman–Crippen LogP) is 1.55. The Morgan fingerprint density at radius 1 is 1.38 bits per heavy atom. The Labute approximate surface area is 95.6 Å². The highest BCUT2D eigenvalue weighted by Gasteiger charge is 2.22. The standard InChI is InChI=1S/C12H18FN3/c1-9-8-16(6-5-15(9)2)12-4-3-10(14)7-11(12)13/h3-4,7,9H,5-6,8,14H2,1-2H3/t9-/m0/s1. The molecule has 1 fully saturated rings. The number of halogens is 1. The van der Waals surface area contributed by atoms with Crippen LogP contribution in [0.2, 0.25) is 0 Å². The molecule has 0 aromatic heterocycles. The minimum absolute atomic E-state index is 0.225. The highest BCUT2D eigenvalue weighted by atomic mass is 19.1. The second kappa shape index (κ2) is 4.29. The van der Waals surface area contributed by atoms with Crippen LogP contribution in [-0.2, 0) is 0 Å². The fourth-order valence-corrected chi connectivity index (χ4v) is 2.05. The van der Waals surface area contributed by atoms with Gasteiger partial charge >= 0.3 is 0 Å². The van der Waals surface area contributed by atoms with E-state index in [-0.39, 0.29) is 5.82 Å². The largest absolute Gasteiger partial charge is 0.399 e. The topological polar surface area (TPSA) is 32.5 Å². The molecule has 1 aromatic carbocycles. The third-order valence-electron chi connectivity index (χ3n) is 3.27. The first kappa shape index (κ1) is 11.2. The van der Waals surface area contributed by atoms with Crippen LogP contribution < -0.4 is 10.6 Å². The maximum Gasteiger partial charge on any atom is 0.148 e. The van der Waals surface area contributed by atoms with Crippen LogP contribution >= 0.6 is 0 Å². The highest BCUT2D eigenvalue weighted by molar-refractivity contribution is 5.54. The zero-order valence-corrected chi connectivity index (χ0v) is 9.78. The average Bonchev–Trinajstić information content (AvgIpc) is 2.22. The van der Waals surface area contributed by atoms with Gasteiger partial charge in [-0.3, -0.25) is 0 Å². The number of nitrogens with zero attached hydrogens (tertiary/aromatic N) is 2. The first-order valence-electron chi connectivity index (χ1n) is 5.58. The van der Waals surface area contributed by atoms with Crippen LogP contribution in [0.5, 0.6) is 0 Å². The third kappa shape index (κ3) is 2.11. The molecular formula is C12H18FN3. The van der Waals surface area contributed by atoms with Crippen molar-refractivity contribution in [2.75, 3.05) is 37.3 Å².